The molecule has 0 bridgehead atoms. The Balaban J connectivity index is 0.000000847. The van der Waals surface area contributed by atoms with Gasteiger partial charge in [-0.1, -0.05) is 62.4 Å². The minimum atomic E-state index is -0.101. The fraction of sp³-hybridized carbons (Fsp3) is 0.211. The van der Waals surface area contributed by atoms with Gasteiger partial charge in [-0.3, -0.25) is 4.90 Å². The molecule has 0 fully saturated rings. The number of nitrogens with one attached hydrogen (secondary N) is 1. The number of nitrogens with zero attached hydrogens (tertiary/aromatic N) is 1. The highest BCUT2D eigenvalue weighted by atomic mass is 16.2. The van der Waals surface area contributed by atoms with Crippen molar-refractivity contribution in [2.75, 3.05) is 11.4 Å². The largest absolute Gasteiger partial charge is 0.338 e. The Morgan fingerprint density at radius 3 is 1.82 bits per heavy atom. The summed E-state index contributed by atoms with van der Waals surface area (Å²) in [4.78, 5) is 14.2. The zero-order chi connectivity index (χ0) is 15.9. The maximum absolute atomic E-state index is 12.5. The number of para-hydroxylation sites is 2. The standard InChI is InChI=1S/C17H16N2O.C2H6/c1-2-18-17(20)19-15-9-5-3-7-13(15)11-12-14-8-4-6-10-16(14)19;1-2/h3-12H,2H2,1H3,(H,18,20);1-2H3. The summed E-state index contributed by atoms with van der Waals surface area (Å²) in [6.45, 7) is 6.53. The van der Waals surface area contributed by atoms with E-state index in [0.29, 0.717) is 6.54 Å². The second kappa shape index (κ2) is 7.46. The summed E-state index contributed by atoms with van der Waals surface area (Å²) < 4.78 is 0. The third-order valence-electron chi connectivity index (χ3n) is 3.33. The van der Waals surface area contributed by atoms with Gasteiger partial charge in [-0.25, -0.2) is 4.79 Å². The molecule has 0 atom stereocenters. The average molecular weight is 294 g/mol. The Labute approximate surface area is 132 Å². The van der Waals surface area contributed by atoms with Crippen LogP contribution in [0.4, 0.5) is 16.2 Å². The third kappa shape index (κ3) is 3.03. The van der Waals surface area contributed by atoms with Gasteiger partial charge in [0, 0.05) is 6.54 Å². The fourth-order valence-corrected chi connectivity index (χ4v) is 2.42. The van der Waals surface area contributed by atoms with Crippen molar-refractivity contribution < 1.29 is 4.79 Å². The van der Waals surface area contributed by atoms with E-state index in [1.54, 1.807) is 4.90 Å². The van der Waals surface area contributed by atoms with E-state index in [4.69, 9.17) is 0 Å². The predicted molar refractivity (Wildman–Crippen MR) is 94.4 cm³/mol. The summed E-state index contributed by atoms with van der Waals surface area (Å²) in [5.74, 6) is 0. The number of urea groups is 1. The molecule has 3 nitrogen and oxygen atoms in total. The predicted octanol–water partition coefficient (Wildman–Crippen LogP) is 5.06. The van der Waals surface area contributed by atoms with Crippen LogP contribution in [-0.2, 0) is 0 Å². The molecule has 1 N–H and O–H groups in total. The lowest BCUT2D eigenvalue weighted by Crippen LogP contribution is -2.37. The van der Waals surface area contributed by atoms with Crippen molar-refractivity contribution in [1.29, 1.82) is 0 Å². The monoisotopic (exact) mass is 294 g/mol. The second-order valence-electron chi connectivity index (χ2n) is 4.62. The Kier molecular flexibility index (Phi) is 5.37. The van der Waals surface area contributed by atoms with Crippen molar-refractivity contribution in [3.8, 4) is 0 Å². The van der Waals surface area contributed by atoms with Gasteiger partial charge in [0.15, 0.2) is 0 Å². The molecule has 0 radical (unpaired) electrons. The van der Waals surface area contributed by atoms with Gasteiger partial charge in [0.05, 0.1) is 11.4 Å². The molecule has 1 heterocycles. The van der Waals surface area contributed by atoms with E-state index in [1.807, 2.05) is 81.5 Å². The molecule has 2 aromatic carbocycles. The van der Waals surface area contributed by atoms with Crippen LogP contribution >= 0.6 is 0 Å². The van der Waals surface area contributed by atoms with Gasteiger partial charge in [0.1, 0.15) is 0 Å². The van der Waals surface area contributed by atoms with Gasteiger partial charge < -0.3 is 5.32 Å². The number of rotatable bonds is 1. The first-order valence-corrected chi connectivity index (χ1v) is 7.75. The molecule has 0 saturated heterocycles. The minimum absolute atomic E-state index is 0.101. The zero-order valence-corrected chi connectivity index (χ0v) is 13.3. The topological polar surface area (TPSA) is 32.3 Å². The summed E-state index contributed by atoms with van der Waals surface area (Å²) >= 11 is 0. The van der Waals surface area contributed by atoms with Crippen LogP contribution in [0.15, 0.2) is 48.5 Å². The molecule has 0 unspecified atom stereocenters. The molecule has 3 rings (SSSR count). The molecule has 0 aliphatic carbocycles. The molecule has 114 valence electrons. The minimum Gasteiger partial charge on any atom is -0.338 e. The Bertz CT molecular complexity index is 627. The van der Waals surface area contributed by atoms with Crippen LogP contribution in [0.5, 0.6) is 0 Å². The maximum atomic E-state index is 12.5. The summed E-state index contributed by atoms with van der Waals surface area (Å²) in [5, 5.41) is 2.88. The normalized spacial score (nSPS) is 11.5. The van der Waals surface area contributed by atoms with Crippen LogP contribution in [0, 0.1) is 0 Å². The Hall–Kier alpha value is -2.55. The SMILES string of the molecule is CC.CCNC(=O)N1c2ccccc2C=Cc2ccccc21. The van der Waals surface area contributed by atoms with Crippen molar-refractivity contribution in [1.82, 2.24) is 5.32 Å². The molecule has 1 aliphatic rings. The molecule has 3 heteroatoms. The third-order valence-corrected chi connectivity index (χ3v) is 3.33. The zero-order valence-electron chi connectivity index (χ0n) is 13.3. The lowest BCUT2D eigenvalue weighted by atomic mass is 10.1. The molecular weight excluding hydrogens is 272 g/mol. The number of amides is 2. The summed E-state index contributed by atoms with van der Waals surface area (Å²) in [6.07, 6.45) is 4.10. The van der Waals surface area contributed by atoms with Crippen LogP contribution in [0.25, 0.3) is 12.2 Å². The smallest absolute Gasteiger partial charge is 0.326 e. The number of fused-ring (bicyclic) bond motifs is 2. The van der Waals surface area contributed by atoms with E-state index >= 15 is 0 Å². The number of hydrogen-bond acceptors (Lipinski definition) is 1. The van der Waals surface area contributed by atoms with Crippen LogP contribution in [0.2, 0.25) is 0 Å². The highest BCUT2D eigenvalue weighted by Gasteiger charge is 2.22. The fourth-order valence-electron chi connectivity index (χ4n) is 2.42. The number of carbonyl (C=O) groups excluding carboxylic acids is 1. The van der Waals surface area contributed by atoms with Crippen molar-refractivity contribution in [2.24, 2.45) is 0 Å². The lowest BCUT2D eigenvalue weighted by molar-refractivity contribution is 0.249. The van der Waals surface area contributed by atoms with Crippen LogP contribution in [0.3, 0.4) is 0 Å². The molecule has 22 heavy (non-hydrogen) atoms. The van der Waals surface area contributed by atoms with Crippen molar-refractivity contribution in [3.63, 3.8) is 0 Å². The molecule has 0 aromatic heterocycles. The van der Waals surface area contributed by atoms with E-state index in [0.717, 1.165) is 22.5 Å². The average Bonchev–Trinajstić information content (AvgIpc) is 2.74. The number of carbonyl (C=O) groups is 1. The van der Waals surface area contributed by atoms with E-state index in [1.165, 1.54) is 0 Å². The van der Waals surface area contributed by atoms with Gasteiger partial charge in [-0.05, 0) is 30.2 Å². The van der Waals surface area contributed by atoms with Crippen LogP contribution in [-0.4, -0.2) is 12.6 Å². The van der Waals surface area contributed by atoms with E-state index in [2.05, 4.69) is 5.32 Å². The van der Waals surface area contributed by atoms with Crippen LogP contribution < -0.4 is 10.2 Å². The van der Waals surface area contributed by atoms with Crippen molar-refractivity contribution in [2.45, 2.75) is 20.8 Å². The Morgan fingerprint density at radius 2 is 1.36 bits per heavy atom. The van der Waals surface area contributed by atoms with Gasteiger partial charge in [0.25, 0.3) is 0 Å². The maximum Gasteiger partial charge on any atom is 0.326 e. The lowest BCUT2D eigenvalue weighted by Gasteiger charge is -2.24. The van der Waals surface area contributed by atoms with E-state index in [-0.39, 0.29) is 6.03 Å². The number of benzene rings is 2. The van der Waals surface area contributed by atoms with Gasteiger partial charge in [0.2, 0.25) is 0 Å². The van der Waals surface area contributed by atoms with E-state index < -0.39 is 0 Å². The highest BCUT2D eigenvalue weighted by molar-refractivity contribution is 6.05. The first-order valence-electron chi connectivity index (χ1n) is 7.75. The van der Waals surface area contributed by atoms with Gasteiger partial charge >= 0.3 is 6.03 Å². The van der Waals surface area contributed by atoms with Crippen molar-refractivity contribution in [3.05, 3.63) is 59.7 Å². The molecular formula is C19H22N2O. The molecule has 0 spiro atoms. The molecule has 2 aromatic rings. The van der Waals surface area contributed by atoms with Gasteiger partial charge in [-0.15, -0.1) is 0 Å². The van der Waals surface area contributed by atoms with Crippen LogP contribution in [0.1, 0.15) is 31.9 Å². The molecule has 2 amide bonds. The van der Waals surface area contributed by atoms with Gasteiger partial charge in [-0.2, -0.15) is 0 Å². The Morgan fingerprint density at radius 1 is 0.909 bits per heavy atom. The number of hydrogen-bond donors (Lipinski definition) is 1. The summed E-state index contributed by atoms with van der Waals surface area (Å²) in [6, 6.07) is 15.7. The highest BCUT2D eigenvalue weighted by Crippen LogP contribution is 2.35. The molecule has 1 aliphatic heterocycles. The molecule has 0 saturated carbocycles. The first-order chi connectivity index (χ1) is 10.8. The quantitative estimate of drug-likeness (QED) is 0.783. The number of anilines is 2. The van der Waals surface area contributed by atoms with Crippen molar-refractivity contribution >= 4 is 29.6 Å². The van der Waals surface area contributed by atoms with E-state index in [9.17, 15) is 4.79 Å². The first kappa shape index (κ1) is 15.8. The second-order valence-corrected chi connectivity index (χ2v) is 4.62. The summed E-state index contributed by atoms with van der Waals surface area (Å²) in [7, 11) is 0. The summed E-state index contributed by atoms with van der Waals surface area (Å²) in [5.41, 5.74) is 3.88.